The predicted octanol–water partition coefficient (Wildman–Crippen LogP) is 5.46. The fraction of sp³-hybridized carbons (Fsp3) is 0.125. The zero-order chi connectivity index (χ0) is 21.1. The minimum atomic E-state index is -3.59. The van der Waals surface area contributed by atoms with E-state index in [1.165, 1.54) is 6.39 Å². The molecule has 152 valence electrons. The third-order valence-electron chi connectivity index (χ3n) is 4.97. The normalized spacial score (nSPS) is 11.4. The summed E-state index contributed by atoms with van der Waals surface area (Å²) in [5.74, 6) is 0.594. The second-order valence-electron chi connectivity index (χ2n) is 7.18. The van der Waals surface area contributed by atoms with Crippen LogP contribution in [-0.4, -0.2) is 13.4 Å². The Morgan fingerprint density at radius 2 is 1.60 bits per heavy atom. The Balaban J connectivity index is 1.72. The van der Waals surface area contributed by atoms with E-state index in [0.717, 1.165) is 22.4 Å². The zero-order valence-corrected chi connectivity index (χ0v) is 17.6. The summed E-state index contributed by atoms with van der Waals surface area (Å²) < 4.78 is 31.7. The number of rotatable bonds is 6. The summed E-state index contributed by atoms with van der Waals surface area (Å²) in [6.07, 6.45) is 3.04. The van der Waals surface area contributed by atoms with Crippen molar-refractivity contribution >= 4 is 21.4 Å². The molecule has 0 fully saturated rings. The molecule has 1 aromatic heterocycles. The van der Waals surface area contributed by atoms with Gasteiger partial charge in [-0.05, 0) is 55.3 Å². The summed E-state index contributed by atoms with van der Waals surface area (Å²) in [5, 5.41) is 0. The highest BCUT2D eigenvalue weighted by Gasteiger charge is 2.21. The highest BCUT2D eigenvalue weighted by molar-refractivity contribution is 7.91. The number of hydrogen-bond acceptors (Lipinski definition) is 5. The topological polar surface area (TPSA) is 63.4 Å². The maximum atomic E-state index is 13.1. The average molecular weight is 419 g/mol. The van der Waals surface area contributed by atoms with Crippen molar-refractivity contribution in [2.75, 3.05) is 4.90 Å². The van der Waals surface area contributed by atoms with Crippen LogP contribution in [0.5, 0.6) is 0 Å². The Morgan fingerprint density at radius 3 is 2.23 bits per heavy atom. The predicted molar refractivity (Wildman–Crippen MR) is 117 cm³/mol. The van der Waals surface area contributed by atoms with Crippen LogP contribution in [0.15, 0.2) is 99.6 Å². The first-order valence-electron chi connectivity index (χ1n) is 9.57. The van der Waals surface area contributed by atoms with Gasteiger partial charge in [-0.1, -0.05) is 48.0 Å². The molecule has 0 spiro atoms. The number of anilines is 2. The van der Waals surface area contributed by atoms with Crippen molar-refractivity contribution in [1.29, 1.82) is 0 Å². The van der Waals surface area contributed by atoms with Crippen molar-refractivity contribution in [2.45, 2.75) is 30.2 Å². The minimum absolute atomic E-state index is 0.268. The summed E-state index contributed by atoms with van der Waals surface area (Å²) in [6, 6.07) is 22.1. The molecule has 0 unspecified atom stereocenters. The van der Waals surface area contributed by atoms with E-state index in [-0.39, 0.29) is 9.79 Å². The molecule has 6 heteroatoms. The van der Waals surface area contributed by atoms with Crippen LogP contribution < -0.4 is 4.90 Å². The second-order valence-corrected chi connectivity index (χ2v) is 9.13. The second kappa shape index (κ2) is 8.16. The van der Waals surface area contributed by atoms with Crippen molar-refractivity contribution < 1.29 is 12.8 Å². The van der Waals surface area contributed by atoms with Crippen LogP contribution in [0.2, 0.25) is 0 Å². The molecule has 0 aliphatic heterocycles. The van der Waals surface area contributed by atoms with E-state index in [0.29, 0.717) is 12.4 Å². The molecule has 30 heavy (non-hydrogen) atoms. The molecular weight excluding hydrogens is 396 g/mol. The van der Waals surface area contributed by atoms with E-state index in [4.69, 9.17) is 4.42 Å². The summed E-state index contributed by atoms with van der Waals surface area (Å²) in [4.78, 5) is 6.58. The molecule has 4 aromatic rings. The van der Waals surface area contributed by atoms with Crippen LogP contribution in [0.4, 0.5) is 11.6 Å². The van der Waals surface area contributed by atoms with E-state index >= 15 is 0 Å². The summed E-state index contributed by atoms with van der Waals surface area (Å²) in [5.41, 5.74) is 3.81. The van der Waals surface area contributed by atoms with Crippen molar-refractivity contribution in [3.63, 3.8) is 0 Å². The molecule has 5 nitrogen and oxygen atoms in total. The highest BCUT2D eigenvalue weighted by Crippen LogP contribution is 2.33. The van der Waals surface area contributed by atoms with Gasteiger partial charge in [-0.3, -0.25) is 0 Å². The van der Waals surface area contributed by atoms with Gasteiger partial charge < -0.3 is 9.32 Å². The fourth-order valence-electron chi connectivity index (χ4n) is 3.34. The lowest BCUT2D eigenvalue weighted by molar-refractivity contribution is 0.552. The van der Waals surface area contributed by atoms with Crippen LogP contribution in [0, 0.1) is 13.8 Å². The van der Waals surface area contributed by atoms with Crippen molar-refractivity contribution in [1.82, 2.24) is 4.98 Å². The van der Waals surface area contributed by atoms with Gasteiger partial charge in [0.2, 0.25) is 15.7 Å². The molecule has 0 saturated carbocycles. The molecule has 0 radical (unpaired) electrons. The SMILES string of the molecule is Cc1ccc(S(=O)(=O)c2ccc(N(Cc3ccccc3)c3cnco3)c(C)c2)cc1. The van der Waals surface area contributed by atoms with Gasteiger partial charge in [-0.2, -0.15) is 0 Å². The Hall–Kier alpha value is -3.38. The van der Waals surface area contributed by atoms with Gasteiger partial charge in [-0.15, -0.1) is 0 Å². The maximum Gasteiger partial charge on any atom is 0.220 e. The monoisotopic (exact) mass is 418 g/mol. The van der Waals surface area contributed by atoms with E-state index in [1.807, 2.05) is 55.1 Å². The van der Waals surface area contributed by atoms with Crippen LogP contribution in [0.1, 0.15) is 16.7 Å². The summed E-state index contributed by atoms with van der Waals surface area (Å²) in [7, 11) is -3.59. The third-order valence-corrected chi connectivity index (χ3v) is 6.74. The summed E-state index contributed by atoms with van der Waals surface area (Å²) >= 11 is 0. The largest absolute Gasteiger partial charge is 0.428 e. The Labute approximate surface area is 176 Å². The smallest absolute Gasteiger partial charge is 0.220 e. The molecule has 3 aromatic carbocycles. The molecule has 0 aliphatic carbocycles. The highest BCUT2D eigenvalue weighted by atomic mass is 32.2. The molecule has 0 atom stereocenters. The first kappa shape index (κ1) is 19.9. The maximum absolute atomic E-state index is 13.1. The number of sulfone groups is 1. The van der Waals surface area contributed by atoms with Crippen molar-refractivity contribution in [2.24, 2.45) is 0 Å². The number of nitrogens with zero attached hydrogens (tertiary/aromatic N) is 2. The first-order chi connectivity index (χ1) is 14.4. The number of aromatic nitrogens is 1. The molecule has 0 amide bonds. The van der Waals surface area contributed by atoms with Gasteiger partial charge in [0.25, 0.3) is 0 Å². The van der Waals surface area contributed by atoms with E-state index in [1.54, 1.807) is 42.6 Å². The molecule has 0 bridgehead atoms. The Kier molecular flexibility index (Phi) is 5.42. The number of aryl methyl sites for hydroxylation is 2. The number of benzene rings is 3. The zero-order valence-electron chi connectivity index (χ0n) is 16.8. The molecular formula is C24H22N2O3S. The van der Waals surface area contributed by atoms with Gasteiger partial charge in [0.05, 0.1) is 22.5 Å². The van der Waals surface area contributed by atoms with Crippen molar-refractivity contribution in [3.05, 3.63) is 102 Å². The number of oxazole rings is 1. The van der Waals surface area contributed by atoms with E-state index in [9.17, 15) is 8.42 Å². The van der Waals surface area contributed by atoms with Crippen LogP contribution in [0.3, 0.4) is 0 Å². The first-order valence-corrected chi connectivity index (χ1v) is 11.1. The molecule has 4 rings (SSSR count). The van der Waals surface area contributed by atoms with Crippen molar-refractivity contribution in [3.8, 4) is 0 Å². The van der Waals surface area contributed by atoms with Gasteiger partial charge in [0.1, 0.15) is 0 Å². The lowest BCUT2D eigenvalue weighted by Gasteiger charge is -2.24. The van der Waals surface area contributed by atoms with Gasteiger partial charge in [0, 0.05) is 5.69 Å². The summed E-state index contributed by atoms with van der Waals surface area (Å²) in [6.45, 7) is 4.40. The lowest BCUT2D eigenvalue weighted by Crippen LogP contribution is -2.17. The van der Waals surface area contributed by atoms with Gasteiger partial charge in [-0.25, -0.2) is 13.4 Å². The standard InChI is InChI=1S/C24H22N2O3S/c1-18-8-10-21(11-9-18)30(27,28)22-12-13-23(19(2)14-22)26(24-15-25-17-29-24)16-20-6-4-3-5-7-20/h3-15,17H,16H2,1-2H3. The molecule has 0 aliphatic rings. The van der Waals surface area contributed by atoms with E-state index in [2.05, 4.69) is 4.98 Å². The van der Waals surface area contributed by atoms with Gasteiger partial charge >= 0.3 is 0 Å². The minimum Gasteiger partial charge on any atom is -0.428 e. The van der Waals surface area contributed by atoms with Crippen LogP contribution >= 0.6 is 0 Å². The van der Waals surface area contributed by atoms with Crippen LogP contribution in [-0.2, 0) is 16.4 Å². The third kappa shape index (κ3) is 4.00. The van der Waals surface area contributed by atoms with Crippen LogP contribution in [0.25, 0.3) is 0 Å². The lowest BCUT2D eigenvalue weighted by atomic mass is 10.1. The molecule has 0 N–H and O–H groups in total. The Morgan fingerprint density at radius 1 is 0.900 bits per heavy atom. The van der Waals surface area contributed by atoms with E-state index < -0.39 is 9.84 Å². The molecule has 0 saturated heterocycles. The number of hydrogen-bond donors (Lipinski definition) is 0. The quantitative estimate of drug-likeness (QED) is 0.416. The average Bonchev–Trinajstić information content (AvgIpc) is 3.28. The fourth-order valence-corrected chi connectivity index (χ4v) is 4.69. The Bertz CT molecular complexity index is 1230. The molecule has 1 heterocycles. The van der Waals surface area contributed by atoms with Gasteiger partial charge in [0.15, 0.2) is 6.39 Å².